The monoisotopic (exact) mass is 264 g/mol. The Morgan fingerprint density at radius 3 is 2.68 bits per heavy atom. The number of hydrogen-bond acceptors (Lipinski definition) is 2. The average Bonchev–Trinajstić information content (AvgIpc) is 2.45. The third-order valence-electron chi connectivity index (χ3n) is 6.23. The summed E-state index contributed by atoms with van der Waals surface area (Å²) in [5, 5.41) is 3.58. The fourth-order valence-electron chi connectivity index (χ4n) is 4.87. The summed E-state index contributed by atoms with van der Waals surface area (Å²) < 4.78 is 0. The number of piperidine rings is 2. The first-order valence-electron chi connectivity index (χ1n) is 8.72. The number of likely N-dealkylation sites (tertiary alicyclic amines) is 1. The summed E-state index contributed by atoms with van der Waals surface area (Å²) in [4.78, 5) is 2.82. The molecule has 0 aromatic carbocycles. The zero-order valence-corrected chi connectivity index (χ0v) is 12.8. The SMILES string of the molecule is CC1CCN(CC2CCCNC2)CC12CCCCC2. The number of rotatable bonds is 2. The van der Waals surface area contributed by atoms with E-state index in [0.717, 1.165) is 11.8 Å². The molecule has 0 aromatic heterocycles. The molecule has 3 fully saturated rings. The molecule has 0 radical (unpaired) electrons. The summed E-state index contributed by atoms with van der Waals surface area (Å²) in [5.41, 5.74) is 0.693. The minimum Gasteiger partial charge on any atom is -0.316 e. The van der Waals surface area contributed by atoms with Gasteiger partial charge >= 0.3 is 0 Å². The van der Waals surface area contributed by atoms with E-state index < -0.39 is 0 Å². The molecule has 2 saturated heterocycles. The van der Waals surface area contributed by atoms with Crippen LogP contribution in [0.5, 0.6) is 0 Å². The normalized spacial score (nSPS) is 36.5. The fraction of sp³-hybridized carbons (Fsp3) is 1.00. The van der Waals surface area contributed by atoms with Gasteiger partial charge < -0.3 is 10.2 Å². The quantitative estimate of drug-likeness (QED) is 0.823. The molecule has 19 heavy (non-hydrogen) atoms. The van der Waals surface area contributed by atoms with Gasteiger partial charge in [0.05, 0.1) is 0 Å². The Labute approximate surface area is 119 Å². The molecule has 1 aliphatic carbocycles. The number of nitrogens with zero attached hydrogens (tertiary/aromatic N) is 1. The molecular weight excluding hydrogens is 232 g/mol. The summed E-state index contributed by atoms with van der Waals surface area (Å²) in [7, 11) is 0. The van der Waals surface area contributed by atoms with Crippen LogP contribution < -0.4 is 5.32 Å². The van der Waals surface area contributed by atoms with Gasteiger partial charge in [-0.25, -0.2) is 0 Å². The maximum atomic E-state index is 3.58. The molecule has 2 unspecified atom stereocenters. The first-order chi connectivity index (χ1) is 9.28. The zero-order chi connectivity index (χ0) is 13.1. The Morgan fingerprint density at radius 2 is 1.95 bits per heavy atom. The number of hydrogen-bond donors (Lipinski definition) is 1. The summed E-state index contributed by atoms with van der Waals surface area (Å²) in [6.45, 7) is 9.17. The van der Waals surface area contributed by atoms with Crippen molar-refractivity contribution in [1.29, 1.82) is 0 Å². The third kappa shape index (κ3) is 3.16. The minimum atomic E-state index is 0.693. The molecule has 1 N–H and O–H groups in total. The van der Waals surface area contributed by atoms with Gasteiger partial charge in [0.25, 0.3) is 0 Å². The first-order valence-corrected chi connectivity index (χ1v) is 8.72. The predicted molar refractivity (Wildman–Crippen MR) is 81.3 cm³/mol. The van der Waals surface area contributed by atoms with Crippen molar-refractivity contribution in [3.63, 3.8) is 0 Å². The molecule has 2 atom stereocenters. The van der Waals surface area contributed by atoms with E-state index in [1.54, 1.807) is 0 Å². The maximum Gasteiger partial charge on any atom is 0.00407 e. The minimum absolute atomic E-state index is 0.693. The van der Waals surface area contributed by atoms with Crippen LogP contribution in [0.2, 0.25) is 0 Å². The van der Waals surface area contributed by atoms with Gasteiger partial charge in [-0.05, 0) is 69.0 Å². The van der Waals surface area contributed by atoms with Gasteiger partial charge in [-0.1, -0.05) is 26.2 Å². The lowest BCUT2D eigenvalue weighted by Gasteiger charge is -2.50. The van der Waals surface area contributed by atoms with Crippen molar-refractivity contribution in [3.8, 4) is 0 Å². The Balaban J connectivity index is 1.57. The second-order valence-corrected chi connectivity index (χ2v) is 7.56. The highest BCUT2D eigenvalue weighted by Crippen LogP contribution is 2.46. The molecule has 2 heterocycles. The van der Waals surface area contributed by atoms with Gasteiger partial charge in [-0.3, -0.25) is 0 Å². The van der Waals surface area contributed by atoms with E-state index in [4.69, 9.17) is 0 Å². The van der Waals surface area contributed by atoms with E-state index in [9.17, 15) is 0 Å². The van der Waals surface area contributed by atoms with Gasteiger partial charge in [-0.2, -0.15) is 0 Å². The molecule has 1 spiro atoms. The molecule has 2 aliphatic heterocycles. The van der Waals surface area contributed by atoms with E-state index in [0.29, 0.717) is 5.41 Å². The highest BCUT2D eigenvalue weighted by Gasteiger charge is 2.41. The van der Waals surface area contributed by atoms with Crippen molar-refractivity contribution in [3.05, 3.63) is 0 Å². The van der Waals surface area contributed by atoms with Crippen molar-refractivity contribution in [2.45, 2.75) is 58.3 Å². The van der Waals surface area contributed by atoms with Crippen LogP contribution in [0.1, 0.15) is 58.3 Å². The molecule has 2 heteroatoms. The lowest BCUT2D eigenvalue weighted by Crippen LogP contribution is -2.51. The van der Waals surface area contributed by atoms with Gasteiger partial charge in [0.15, 0.2) is 0 Å². The van der Waals surface area contributed by atoms with Crippen molar-refractivity contribution >= 4 is 0 Å². The average molecular weight is 264 g/mol. The highest BCUT2D eigenvalue weighted by atomic mass is 15.1. The summed E-state index contributed by atoms with van der Waals surface area (Å²) in [5.74, 6) is 1.89. The van der Waals surface area contributed by atoms with E-state index in [1.807, 2.05) is 0 Å². The fourth-order valence-corrected chi connectivity index (χ4v) is 4.87. The van der Waals surface area contributed by atoms with Gasteiger partial charge in [-0.15, -0.1) is 0 Å². The predicted octanol–water partition coefficient (Wildman–Crippen LogP) is 3.28. The molecular formula is C17H32N2. The van der Waals surface area contributed by atoms with Crippen LogP contribution in [0, 0.1) is 17.3 Å². The Kier molecular flexibility index (Phi) is 4.48. The summed E-state index contributed by atoms with van der Waals surface area (Å²) >= 11 is 0. The number of nitrogens with one attached hydrogen (secondary N) is 1. The van der Waals surface area contributed by atoms with Crippen LogP contribution in [-0.4, -0.2) is 37.6 Å². The third-order valence-corrected chi connectivity index (χ3v) is 6.23. The van der Waals surface area contributed by atoms with E-state index >= 15 is 0 Å². The first kappa shape index (κ1) is 13.9. The van der Waals surface area contributed by atoms with Gasteiger partial charge in [0, 0.05) is 13.1 Å². The lowest BCUT2D eigenvalue weighted by molar-refractivity contribution is -0.00313. The van der Waals surface area contributed by atoms with Crippen molar-refractivity contribution < 1.29 is 0 Å². The Morgan fingerprint density at radius 1 is 1.11 bits per heavy atom. The topological polar surface area (TPSA) is 15.3 Å². The van der Waals surface area contributed by atoms with E-state index in [-0.39, 0.29) is 0 Å². The molecule has 2 nitrogen and oxygen atoms in total. The molecule has 3 rings (SSSR count). The van der Waals surface area contributed by atoms with Gasteiger partial charge in [0.1, 0.15) is 0 Å². The molecule has 110 valence electrons. The molecule has 0 bridgehead atoms. The van der Waals surface area contributed by atoms with Crippen molar-refractivity contribution in [1.82, 2.24) is 10.2 Å². The van der Waals surface area contributed by atoms with Crippen LogP contribution in [0.25, 0.3) is 0 Å². The van der Waals surface area contributed by atoms with Gasteiger partial charge in [0.2, 0.25) is 0 Å². The maximum absolute atomic E-state index is 3.58. The van der Waals surface area contributed by atoms with Crippen LogP contribution in [0.3, 0.4) is 0 Å². The molecule has 0 amide bonds. The second kappa shape index (κ2) is 6.13. The van der Waals surface area contributed by atoms with E-state index in [2.05, 4.69) is 17.1 Å². The van der Waals surface area contributed by atoms with E-state index in [1.165, 1.54) is 84.1 Å². The molecule has 3 aliphatic rings. The standard InChI is InChI=1S/C17H32N2/c1-15-7-11-19(13-16-6-5-10-18-12-16)14-17(15)8-3-2-4-9-17/h15-16,18H,2-14H2,1H3. The highest BCUT2D eigenvalue weighted by molar-refractivity contribution is 4.94. The molecule has 1 saturated carbocycles. The van der Waals surface area contributed by atoms with Crippen LogP contribution >= 0.6 is 0 Å². The zero-order valence-electron chi connectivity index (χ0n) is 12.8. The van der Waals surface area contributed by atoms with Crippen molar-refractivity contribution in [2.24, 2.45) is 17.3 Å². The Hall–Kier alpha value is -0.0800. The lowest BCUT2D eigenvalue weighted by atomic mass is 9.63. The van der Waals surface area contributed by atoms with Crippen LogP contribution in [0.15, 0.2) is 0 Å². The smallest absolute Gasteiger partial charge is 0.00407 e. The van der Waals surface area contributed by atoms with Crippen LogP contribution in [0.4, 0.5) is 0 Å². The second-order valence-electron chi connectivity index (χ2n) is 7.56. The molecule has 0 aromatic rings. The Bertz CT molecular complexity index is 277. The largest absolute Gasteiger partial charge is 0.316 e. The van der Waals surface area contributed by atoms with Crippen molar-refractivity contribution in [2.75, 3.05) is 32.7 Å². The summed E-state index contributed by atoms with van der Waals surface area (Å²) in [6.07, 6.45) is 11.8. The summed E-state index contributed by atoms with van der Waals surface area (Å²) in [6, 6.07) is 0. The van der Waals surface area contributed by atoms with Crippen LogP contribution in [-0.2, 0) is 0 Å².